The first-order chi connectivity index (χ1) is 15.1. The van der Waals surface area contributed by atoms with Crippen LogP contribution in [-0.2, 0) is 16.1 Å². The molecule has 0 amide bonds. The van der Waals surface area contributed by atoms with Crippen LogP contribution in [0.1, 0.15) is 29.0 Å². The summed E-state index contributed by atoms with van der Waals surface area (Å²) in [5.41, 5.74) is 1.95. The van der Waals surface area contributed by atoms with Crippen LogP contribution in [0.2, 0.25) is 0 Å². The van der Waals surface area contributed by atoms with Crippen LogP contribution in [0, 0.1) is 0 Å². The SMILES string of the molecule is COc1ccc(-c2cc(COC(=O)CCC(=O)c3ccc4c(c3)OCCO4)on2)cc1. The molecule has 0 unspecified atom stereocenters. The first kappa shape index (κ1) is 20.5. The van der Waals surface area contributed by atoms with Gasteiger partial charge in [-0.3, -0.25) is 9.59 Å². The predicted molar refractivity (Wildman–Crippen MR) is 109 cm³/mol. The van der Waals surface area contributed by atoms with Crippen molar-refractivity contribution in [3.05, 3.63) is 59.9 Å². The molecule has 2 heterocycles. The van der Waals surface area contributed by atoms with Crippen LogP contribution in [0.3, 0.4) is 0 Å². The lowest BCUT2D eigenvalue weighted by molar-refractivity contribution is -0.145. The number of nitrogens with zero attached hydrogens (tertiary/aromatic N) is 1. The number of ether oxygens (including phenoxy) is 4. The molecule has 2 aromatic carbocycles. The number of benzene rings is 2. The van der Waals surface area contributed by atoms with Crippen LogP contribution in [0.25, 0.3) is 11.3 Å². The van der Waals surface area contributed by atoms with E-state index < -0.39 is 5.97 Å². The van der Waals surface area contributed by atoms with Gasteiger partial charge >= 0.3 is 5.97 Å². The molecule has 31 heavy (non-hydrogen) atoms. The Kier molecular flexibility index (Phi) is 6.16. The molecule has 0 bridgehead atoms. The average Bonchev–Trinajstić information content (AvgIpc) is 3.30. The molecule has 0 saturated carbocycles. The van der Waals surface area contributed by atoms with E-state index in [2.05, 4.69) is 5.16 Å². The maximum Gasteiger partial charge on any atom is 0.306 e. The van der Waals surface area contributed by atoms with Crippen molar-refractivity contribution in [2.24, 2.45) is 0 Å². The van der Waals surface area contributed by atoms with Crippen molar-refractivity contribution in [1.29, 1.82) is 0 Å². The minimum absolute atomic E-state index is 0.0337. The highest BCUT2D eigenvalue weighted by Crippen LogP contribution is 2.31. The third-order valence-electron chi connectivity index (χ3n) is 4.74. The second-order valence-electron chi connectivity index (χ2n) is 6.85. The summed E-state index contributed by atoms with van der Waals surface area (Å²) in [5.74, 6) is 1.65. The topological polar surface area (TPSA) is 97.1 Å². The van der Waals surface area contributed by atoms with Gasteiger partial charge in [0.25, 0.3) is 0 Å². The van der Waals surface area contributed by atoms with E-state index in [0.29, 0.717) is 41.7 Å². The van der Waals surface area contributed by atoms with Crippen LogP contribution in [0.5, 0.6) is 17.2 Å². The first-order valence-electron chi connectivity index (χ1n) is 9.81. The lowest BCUT2D eigenvalue weighted by Crippen LogP contribution is -2.16. The summed E-state index contributed by atoms with van der Waals surface area (Å²) in [6.07, 6.45) is -0.00126. The van der Waals surface area contributed by atoms with E-state index in [1.807, 2.05) is 24.3 Å². The van der Waals surface area contributed by atoms with Crippen molar-refractivity contribution < 1.29 is 33.1 Å². The normalized spacial score (nSPS) is 12.3. The lowest BCUT2D eigenvalue weighted by atomic mass is 10.1. The average molecular weight is 423 g/mol. The molecule has 3 aromatic rings. The van der Waals surface area contributed by atoms with E-state index in [0.717, 1.165) is 11.3 Å². The number of esters is 1. The Morgan fingerprint density at radius 2 is 1.74 bits per heavy atom. The molecule has 0 spiro atoms. The minimum Gasteiger partial charge on any atom is -0.497 e. The number of ketones is 1. The van der Waals surface area contributed by atoms with Crippen molar-refractivity contribution in [2.45, 2.75) is 19.4 Å². The fourth-order valence-corrected chi connectivity index (χ4v) is 3.08. The van der Waals surface area contributed by atoms with Crippen LogP contribution in [0.15, 0.2) is 53.1 Å². The Morgan fingerprint density at radius 3 is 2.52 bits per heavy atom. The Labute approximate surface area is 178 Å². The number of carbonyl (C=O) groups excluding carboxylic acids is 2. The van der Waals surface area contributed by atoms with Crippen molar-refractivity contribution in [3.8, 4) is 28.5 Å². The van der Waals surface area contributed by atoms with Gasteiger partial charge in [0.2, 0.25) is 0 Å². The largest absolute Gasteiger partial charge is 0.497 e. The standard InChI is InChI=1S/C23H21NO7/c1-27-17-5-2-15(3-6-17)19-13-18(31-24-19)14-30-23(26)9-7-20(25)16-4-8-21-22(12-16)29-11-10-28-21/h2-6,8,12-13H,7,9-11,14H2,1H3. The highest BCUT2D eigenvalue weighted by Gasteiger charge is 2.16. The Hall–Kier alpha value is -3.81. The van der Waals surface area contributed by atoms with Gasteiger partial charge in [0, 0.05) is 23.6 Å². The fourth-order valence-electron chi connectivity index (χ4n) is 3.08. The molecular formula is C23H21NO7. The van der Waals surface area contributed by atoms with Gasteiger partial charge in [0.1, 0.15) is 24.7 Å². The molecule has 1 aliphatic heterocycles. The van der Waals surface area contributed by atoms with Crippen molar-refractivity contribution in [2.75, 3.05) is 20.3 Å². The van der Waals surface area contributed by atoms with Gasteiger partial charge in [-0.1, -0.05) is 5.16 Å². The molecule has 1 aromatic heterocycles. The van der Waals surface area contributed by atoms with E-state index in [9.17, 15) is 9.59 Å². The van der Waals surface area contributed by atoms with Crippen molar-refractivity contribution in [3.63, 3.8) is 0 Å². The summed E-state index contributed by atoms with van der Waals surface area (Å²) in [7, 11) is 1.60. The molecule has 8 nitrogen and oxygen atoms in total. The van der Waals surface area contributed by atoms with E-state index >= 15 is 0 Å². The number of aromatic nitrogens is 1. The van der Waals surface area contributed by atoms with E-state index in [1.165, 1.54) is 0 Å². The van der Waals surface area contributed by atoms with E-state index in [1.54, 1.807) is 31.4 Å². The smallest absolute Gasteiger partial charge is 0.306 e. The monoisotopic (exact) mass is 423 g/mol. The van der Waals surface area contributed by atoms with Gasteiger partial charge in [0.15, 0.2) is 29.6 Å². The maximum absolute atomic E-state index is 12.4. The number of methoxy groups -OCH3 is 1. The molecule has 4 rings (SSSR count). The van der Waals surface area contributed by atoms with Gasteiger partial charge in [0.05, 0.1) is 13.5 Å². The second kappa shape index (κ2) is 9.34. The molecule has 0 radical (unpaired) electrons. The summed E-state index contributed by atoms with van der Waals surface area (Å²) in [4.78, 5) is 24.4. The zero-order valence-electron chi connectivity index (χ0n) is 17.0. The molecule has 0 fully saturated rings. The summed E-state index contributed by atoms with van der Waals surface area (Å²) in [6, 6.07) is 14.1. The first-order valence-corrected chi connectivity index (χ1v) is 9.81. The van der Waals surface area contributed by atoms with E-state index in [4.69, 9.17) is 23.5 Å². The third kappa shape index (κ3) is 5.03. The Morgan fingerprint density at radius 1 is 0.968 bits per heavy atom. The molecule has 1 aliphatic rings. The van der Waals surface area contributed by atoms with Crippen LogP contribution >= 0.6 is 0 Å². The van der Waals surface area contributed by atoms with Crippen molar-refractivity contribution in [1.82, 2.24) is 5.16 Å². The zero-order chi connectivity index (χ0) is 21.6. The minimum atomic E-state index is -0.492. The van der Waals surface area contributed by atoms with Crippen LogP contribution in [-0.4, -0.2) is 37.2 Å². The summed E-state index contributed by atoms with van der Waals surface area (Å²) in [6.45, 7) is 0.873. The van der Waals surface area contributed by atoms with Crippen LogP contribution < -0.4 is 14.2 Å². The lowest BCUT2D eigenvalue weighted by Gasteiger charge is -2.18. The molecule has 0 aliphatic carbocycles. The summed E-state index contributed by atoms with van der Waals surface area (Å²) < 4.78 is 26.5. The molecule has 0 saturated heterocycles. The summed E-state index contributed by atoms with van der Waals surface area (Å²) in [5, 5.41) is 3.99. The molecule has 0 atom stereocenters. The Bertz CT molecular complexity index is 1070. The fraction of sp³-hybridized carbons (Fsp3) is 0.261. The quantitative estimate of drug-likeness (QED) is 0.398. The highest BCUT2D eigenvalue weighted by molar-refractivity contribution is 5.98. The molecular weight excluding hydrogens is 402 g/mol. The number of hydrogen-bond acceptors (Lipinski definition) is 8. The number of fused-ring (bicyclic) bond motifs is 1. The van der Waals surface area contributed by atoms with Gasteiger partial charge in [-0.2, -0.15) is 0 Å². The third-order valence-corrected chi connectivity index (χ3v) is 4.74. The van der Waals surface area contributed by atoms with E-state index in [-0.39, 0.29) is 25.2 Å². The number of hydrogen-bond donors (Lipinski definition) is 0. The Balaban J connectivity index is 1.26. The van der Waals surface area contributed by atoms with Gasteiger partial charge < -0.3 is 23.5 Å². The summed E-state index contributed by atoms with van der Waals surface area (Å²) >= 11 is 0. The number of Topliss-reactive ketones (excluding diaryl/α,β-unsaturated/α-hetero) is 1. The van der Waals surface area contributed by atoms with Crippen LogP contribution in [0.4, 0.5) is 0 Å². The van der Waals surface area contributed by atoms with Crippen molar-refractivity contribution >= 4 is 11.8 Å². The van der Waals surface area contributed by atoms with Gasteiger partial charge in [-0.05, 0) is 42.5 Å². The molecule has 0 N–H and O–H groups in total. The number of carbonyl (C=O) groups is 2. The van der Waals surface area contributed by atoms with Gasteiger partial charge in [-0.25, -0.2) is 0 Å². The molecule has 160 valence electrons. The zero-order valence-corrected chi connectivity index (χ0v) is 17.0. The number of rotatable bonds is 8. The highest BCUT2D eigenvalue weighted by atomic mass is 16.6. The molecule has 8 heteroatoms. The maximum atomic E-state index is 12.4. The van der Waals surface area contributed by atoms with Gasteiger partial charge in [-0.15, -0.1) is 0 Å². The second-order valence-corrected chi connectivity index (χ2v) is 6.85. The predicted octanol–water partition coefficient (Wildman–Crippen LogP) is 3.83.